The molecule has 1 saturated carbocycles. The lowest BCUT2D eigenvalue weighted by molar-refractivity contribution is -0.130. The van der Waals surface area contributed by atoms with Gasteiger partial charge in [0.1, 0.15) is 16.9 Å². The van der Waals surface area contributed by atoms with Crippen molar-refractivity contribution in [2.24, 2.45) is 0 Å². The minimum Gasteiger partial charge on any atom is -0.456 e. The Bertz CT molecular complexity index is 1180. The van der Waals surface area contributed by atoms with Gasteiger partial charge in [-0.3, -0.25) is 14.7 Å². The average Bonchev–Trinajstić information content (AvgIpc) is 3.28. The van der Waals surface area contributed by atoms with Gasteiger partial charge in [-0.1, -0.05) is 25.3 Å². The third-order valence-electron chi connectivity index (χ3n) is 6.69. The topological polar surface area (TPSA) is 103 Å². The number of pyridine rings is 1. The number of anilines is 1. The van der Waals surface area contributed by atoms with E-state index < -0.39 is 0 Å². The maximum absolute atomic E-state index is 13.1. The van der Waals surface area contributed by atoms with E-state index in [1.807, 2.05) is 18.2 Å². The fraction of sp³-hybridized carbons (Fsp3) is 0.440. The fourth-order valence-corrected chi connectivity index (χ4v) is 4.78. The zero-order valence-corrected chi connectivity index (χ0v) is 19.4. The molecule has 3 aromatic rings. The van der Waals surface area contributed by atoms with Crippen molar-refractivity contribution in [2.75, 3.05) is 31.5 Å². The molecule has 34 heavy (non-hydrogen) atoms. The van der Waals surface area contributed by atoms with Gasteiger partial charge in [-0.15, -0.1) is 0 Å². The average molecular weight is 463 g/mol. The van der Waals surface area contributed by atoms with Gasteiger partial charge in [0.15, 0.2) is 11.5 Å². The summed E-state index contributed by atoms with van der Waals surface area (Å²) in [6.07, 6.45) is 7.70. The smallest absolute Gasteiger partial charge is 0.254 e. The number of rotatable bonds is 5. The molecular weight excluding hydrogens is 432 g/mol. The molecule has 2 amide bonds. The number of benzene rings is 1. The van der Waals surface area contributed by atoms with Crippen molar-refractivity contribution in [3.8, 4) is 11.5 Å². The molecule has 0 spiro atoms. The maximum atomic E-state index is 13.1. The van der Waals surface area contributed by atoms with Gasteiger partial charge in [0.2, 0.25) is 5.91 Å². The second-order valence-electron chi connectivity index (χ2n) is 9.01. The van der Waals surface area contributed by atoms with Gasteiger partial charge < -0.3 is 19.9 Å². The minimum absolute atomic E-state index is 0.0442. The molecule has 0 bridgehead atoms. The molecule has 9 nitrogen and oxygen atoms in total. The fourth-order valence-electron chi connectivity index (χ4n) is 4.78. The first-order chi connectivity index (χ1) is 16.6. The number of ether oxygens (including phenoxy) is 1. The van der Waals surface area contributed by atoms with Crippen molar-refractivity contribution in [3.63, 3.8) is 0 Å². The quantitative estimate of drug-likeness (QED) is 0.598. The lowest BCUT2D eigenvalue weighted by atomic mass is 9.95. The zero-order chi connectivity index (χ0) is 23.5. The number of carbonyl (C=O) groups excluding carboxylic acids is 2. The highest BCUT2D eigenvalue weighted by molar-refractivity contribution is 5.95. The van der Waals surface area contributed by atoms with E-state index in [1.165, 1.54) is 19.3 Å². The summed E-state index contributed by atoms with van der Waals surface area (Å²) in [5, 5.41) is 11.8. The van der Waals surface area contributed by atoms with Gasteiger partial charge in [-0.25, -0.2) is 4.98 Å². The Morgan fingerprint density at radius 2 is 1.82 bits per heavy atom. The number of nitrogens with one attached hydrogen (secondary N) is 2. The van der Waals surface area contributed by atoms with Crippen molar-refractivity contribution in [1.29, 1.82) is 0 Å². The summed E-state index contributed by atoms with van der Waals surface area (Å²) < 4.78 is 6.24. The Morgan fingerprint density at radius 1 is 1.06 bits per heavy atom. The van der Waals surface area contributed by atoms with Crippen molar-refractivity contribution in [3.05, 3.63) is 42.1 Å². The molecule has 1 saturated heterocycles. The van der Waals surface area contributed by atoms with E-state index in [-0.39, 0.29) is 11.8 Å². The highest BCUT2D eigenvalue weighted by Gasteiger charge is 2.24. The lowest BCUT2D eigenvalue weighted by Crippen LogP contribution is -2.50. The molecule has 3 heterocycles. The first-order valence-corrected chi connectivity index (χ1v) is 12.0. The van der Waals surface area contributed by atoms with Gasteiger partial charge in [0, 0.05) is 57.0 Å². The Balaban J connectivity index is 1.33. The van der Waals surface area contributed by atoms with Crippen LogP contribution in [0.15, 0.2) is 36.5 Å². The highest BCUT2D eigenvalue weighted by atomic mass is 16.5. The first kappa shape index (κ1) is 22.2. The van der Waals surface area contributed by atoms with Crippen LogP contribution in [0.5, 0.6) is 11.5 Å². The predicted molar refractivity (Wildman–Crippen MR) is 129 cm³/mol. The molecule has 1 aliphatic carbocycles. The van der Waals surface area contributed by atoms with E-state index >= 15 is 0 Å². The van der Waals surface area contributed by atoms with Crippen LogP contribution in [0.3, 0.4) is 0 Å². The Morgan fingerprint density at radius 3 is 2.59 bits per heavy atom. The molecule has 2 fully saturated rings. The Kier molecular flexibility index (Phi) is 6.33. The van der Waals surface area contributed by atoms with Crippen molar-refractivity contribution in [1.82, 2.24) is 25.0 Å². The summed E-state index contributed by atoms with van der Waals surface area (Å²) in [5.74, 6) is 1.95. The second-order valence-corrected chi connectivity index (χ2v) is 9.01. The summed E-state index contributed by atoms with van der Waals surface area (Å²) in [5.41, 5.74) is 1.22. The number of amides is 2. The van der Waals surface area contributed by atoms with Gasteiger partial charge in [0.25, 0.3) is 5.91 Å². The SMILES string of the molecule is CC(=O)N1CCN(C(=O)c2cccc(Oc3ccnc4[nH]nc(NC5CCCCC5)c34)c2)CC1. The number of hydrogen-bond donors (Lipinski definition) is 2. The van der Waals surface area contributed by atoms with Crippen LogP contribution >= 0.6 is 0 Å². The Hall–Kier alpha value is -3.62. The van der Waals surface area contributed by atoms with E-state index in [0.29, 0.717) is 54.9 Å². The molecular formula is C25H30N6O3. The summed E-state index contributed by atoms with van der Waals surface area (Å²) in [6, 6.07) is 9.44. The van der Waals surface area contributed by atoms with Crippen molar-refractivity contribution in [2.45, 2.75) is 45.1 Å². The minimum atomic E-state index is -0.0588. The van der Waals surface area contributed by atoms with Gasteiger partial charge >= 0.3 is 0 Å². The summed E-state index contributed by atoms with van der Waals surface area (Å²) in [4.78, 5) is 32.6. The number of carbonyl (C=O) groups is 2. The summed E-state index contributed by atoms with van der Waals surface area (Å²) in [6.45, 7) is 3.73. The largest absolute Gasteiger partial charge is 0.456 e. The van der Waals surface area contributed by atoms with E-state index in [1.54, 1.807) is 35.1 Å². The molecule has 2 N–H and O–H groups in total. The van der Waals surface area contributed by atoms with Gasteiger partial charge in [-0.2, -0.15) is 5.10 Å². The summed E-state index contributed by atoms with van der Waals surface area (Å²) >= 11 is 0. The highest BCUT2D eigenvalue weighted by Crippen LogP contribution is 2.34. The number of piperazine rings is 1. The number of aromatic nitrogens is 3. The predicted octanol–water partition coefficient (Wildman–Crippen LogP) is 3.80. The lowest BCUT2D eigenvalue weighted by Gasteiger charge is -2.34. The number of fused-ring (bicyclic) bond motifs is 1. The number of nitrogens with zero attached hydrogens (tertiary/aromatic N) is 4. The molecule has 178 valence electrons. The summed E-state index contributed by atoms with van der Waals surface area (Å²) in [7, 11) is 0. The van der Waals surface area contributed by atoms with E-state index in [9.17, 15) is 9.59 Å². The van der Waals surface area contributed by atoms with Gasteiger partial charge in [-0.05, 0) is 31.0 Å². The molecule has 1 aromatic carbocycles. The number of aromatic amines is 1. The molecule has 2 aliphatic rings. The van der Waals surface area contributed by atoms with Crippen LogP contribution in [-0.4, -0.2) is 69.0 Å². The van der Waals surface area contributed by atoms with Crippen molar-refractivity contribution < 1.29 is 14.3 Å². The van der Waals surface area contributed by atoms with Crippen LogP contribution in [0, 0.1) is 0 Å². The van der Waals surface area contributed by atoms with E-state index in [0.717, 1.165) is 24.0 Å². The van der Waals surface area contributed by atoms with Crippen LogP contribution in [0.2, 0.25) is 0 Å². The van der Waals surface area contributed by atoms with Crippen LogP contribution in [0.25, 0.3) is 11.0 Å². The number of H-pyrrole nitrogens is 1. The normalized spacial score (nSPS) is 17.1. The third-order valence-corrected chi connectivity index (χ3v) is 6.69. The van der Waals surface area contributed by atoms with Crippen LogP contribution in [-0.2, 0) is 4.79 Å². The maximum Gasteiger partial charge on any atom is 0.254 e. The third kappa shape index (κ3) is 4.69. The first-order valence-electron chi connectivity index (χ1n) is 12.0. The standard InChI is InChI=1S/C25H30N6O3/c1-17(32)30-12-14-31(15-13-30)25(33)18-6-5-9-20(16-18)34-21-10-11-26-23-22(21)24(29-28-23)27-19-7-3-2-4-8-19/h5-6,9-11,16,19H,2-4,7-8,12-15H2,1H3,(H2,26,27,28,29). The number of hydrogen-bond acceptors (Lipinski definition) is 6. The molecule has 2 aromatic heterocycles. The van der Waals surface area contributed by atoms with Crippen molar-refractivity contribution >= 4 is 28.7 Å². The van der Waals surface area contributed by atoms with Crippen LogP contribution in [0.4, 0.5) is 5.82 Å². The second kappa shape index (κ2) is 9.70. The van der Waals surface area contributed by atoms with E-state index in [2.05, 4.69) is 20.5 Å². The monoisotopic (exact) mass is 462 g/mol. The van der Waals surface area contributed by atoms with Crippen LogP contribution in [0.1, 0.15) is 49.4 Å². The molecule has 0 radical (unpaired) electrons. The molecule has 1 aliphatic heterocycles. The molecule has 0 unspecified atom stereocenters. The van der Waals surface area contributed by atoms with Gasteiger partial charge in [0.05, 0.1) is 0 Å². The molecule has 0 atom stereocenters. The van der Waals surface area contributed by atoms with E-state index in [4.69, 9.17) is 4.74 Å². The van der Waals surface area contributed by atoms with Crippen LogP contribution < -0.4 is 10.1 Å². The molecule has 5 rings (SSSR count). The zero-order valence-electron chi connectivity index (χ0n) is 19.4. The molecule has 9 heteroatoms. The Labute approximate surface area is 198 Å².